The lowest BCUT2D eigenvalue weighted by atomic mass is 10.0. The van der Waals surface area contributed by atoms with E-state index in [9.17, 15) is 4.79 Å². The molecule has 1 amide bonds. The molecular formula is C11H17N5O2S. The van der Waals surface area contributed by atoms with Crippen LogP contribution in [-0.2, 0) is 6.42 Å². The Morgan fingerprint density at radius 2 is 2.42 bits per heavy atom. The Hall–Kier alpha value is -1.70. The third-order valence-electron chi connectivity index (χ3n) is 3.31. The van der Waals surface area contributed by atoms with E-state index in [1.165, 1.54) is 0 Å². The van der Waals surface area contributed by atoms with E-state index in [1.807, 2.05) is 6.92 Å². The molecule has 7 nitrogen and oxygen atoms in total. The maximum absolute atomic E-state index is 12.5. The number of aryl methyl sites for hydroxylation is 1. The van der Waals surface area contributed by atoms with Gasteiger partial charge in [-0.2, -0.15) is 0 Å². The first-order valence-corrected chi connectivity index (χ1v) is 7.06. The Kier molecular flexibility index (Phi) is 4.31. The van der Waals surface area contributed by atoms with Crippen molar-refractivity contribution in [1.29, 1.82) is 0 Å². The first-order chi connectivity index (χ1) is 9.19. The molecule has 1 aliphatic heterocycles. The molecule has 0 aromatic carbocycles. The second kappa shape index (κ2) is 5.96. The van der Waals surface area contributed by atoms with Crippen molar-refractivity contribution in [2.75, 3.05) is 6.54 Å². The molecule has 3 N–H and O–H groups in total. The largest absolute Gasteiger partial charge is 0.409 e. The summed E-state index contributed by atoms with van der Waals surface area (Å²) in [5.41, 5.74) is 6.39. The zero-order valence-electron chi connectivity index (χ0n) is 10.7. The molecule has 8 heteroatoms. The molecule has 1 fully saturated rings. The van der Waals surface area contributed by atoms with Gasteiger partial charge in [0, 0.05) is 6.54 Å². The summed E-state index contributed by atoms with van der Waals surface area (Å²) in [7, 11) is 0. The average molecular weight is 283 g/mol. The highest BCUT2D eigenvalue weighted by atomic mass is 32.1. The van der Waals surface area contributed by atoms with Gasteiger partial charge in [-0.05, 0) is 37.2 Å². The van der Waals surface area contributed by atoms with Crippen molar-refractivity contribution < 1.29 is 10.0 Å². The van der Waals surface area contributed by atoms with Gasteiger partial charge in [0.15, 0.2) is 5.84 Å². The van der Waals surface area contributed by atoms with E-state index in [4.69, 9.17) is 10.9 Å². The summed E-state index contributed by atoms with van der Waals surface area (Å²) >= 11 is 1.10. The molecule has 104 valence electrons. The fourth-order valence-electron chi connectivity index (χ4n) is 2.28. The predicted octanol–water partition coefficient (Wildman–Crippen LogP) is 0.842. The van der Waals surface area contributed by atoms with Crippen LogP contribution in [0.4, 0.5) is 0 Å². The minimum Gasteiger partial charge on any atom is -0.409 e. The second-order valence-electron chi connectivity index (χ2n) is 4.44. The van der Waals surface area contributed by atoms with E-state index in [0.717, 1.165) is 30.8 Å². The molecule has 1 unspecified atom stereocenters. The van der Waals surface area contributed by atoms with Crippen LogP contribution in [0.3, 0.4) is 0 Å². The Labute approximate surface area is 115 Å². The van der Waals surface area contributed by atoms with Gasteiger partial charge in [0.1, 0.15) is 4.88 Å². The van der Waals surface area contributed by atoms with Crippen molar-refractivity contribution in [2.45, 2.75) is 38.6 Å². The number of nitrogens with zero attached hydrogens (tertiary/aromatic N) is 4. The lowest BCUT2D eigenvalue weighted by molar-refractivity contribution is 0.0680. The molecule has 1 atom stereocenters. The van der Waals surface area contributed by atoms with Crippen molar-refractivity contribution in [3.63, 3.8) is 0 Å². The van der Waals surface area contributed by atoms with E-state index >= 15 is 0 Å². The number of piperidine rings is 1. The molecule has 1 aromatic heterocycles. The number of nitrogens with two attached hydrogens (primary N) is 1. The highest BCUT2D eigenvalue weighted by Gasteiger charge is 2.32. The zero-order chi connectivity index (χ0) is 13.8. The summed E-state index contributed by atoms with van der Waals surface area (Å²) in [6.07, 6.45) is 3.27. The third-order valence-corrected chi connectivity index (χ3v) is 4.06. The monoisotopic (exact) mass is 283 g/mol. The summed E-state index contributed by atoms with van der Waals surface area (Å²) in [5.74, 6) is -0.0354. The number of hydrogen-bond donors (Lipinski definition) is 2. The zero-order valence-corrected chi connectivity index (χ0v) is 11.6. The van der Waals surface area contributed by atoms with Crippen LogP contribution in [0.2, 0.25) is 0 Å². The lowest BCUT2D eigenvalue weighted by Crippen LogP contribution is -2.50. The van der Waals surface area contributed by atoms with Gasteiger partial charge in [-0.3, -0.25) is 4.79 Å². The summed E-state index contributed by atoms with van der Waals surface area (Å²) in [6.45, 7) is 2.55. The fourth-order valence-corrected chi connectivity index (χ4v) is 2.99. The van der Waals surface area contributed by atoms with Crippen LogP contribution in [0.15, 0.2) is 5.16 Å². The van der Waals surface area contributed by atoms with E-state index in [1.54, 1.807) is 4.90 Å². The minimum atomic E-state index is -0.335. The highest BCUT2D eigenvalue weighted by molar-refractivity contribution is 7.08. The Morgan fingerprint density at radius 3 is 3.11 bits per heavy atom. The van der Waals surface area contributed by atoms with Gasteiger partial charge in [-0.15, -0.1) is 5.10 Å². The van der Waals surface area contributed by atoms with Crippen LogP contribution in [0.1, 0.15) is 41.6 Å². The van der Waals surface area contributed by atoms with Crippen LogP contribution in [0, 0.1) is 0 Å². The Balaban J connectivity index is 2.25. The third kappa shape index (κ3) is 2.67. The van der Waals surface area contributed by atoms with Crippen molar-refractivity contribution in [1.82, 2.24) is 14.5 Å². The molecule has 1 aromatic rings. The number of amides is 1. The van der Waals surface area contributed by atoms with Crippen molar-refractivity contribution in [3.05, 3.63) is 10.6 Å². The number of rotatable bonds is 3. The smallest absolute Gasteiger partial charge is 0.268 e. The minimum absolute atomic E-state index is 0.0866. The van der Waals surface area contributed by atoms with Gasteiger partial charge in [0.05, 0.1) is 11.7 Å². The van der Waals surface area contributed by atoms with Crippen LogP contribution in [0.25, 0.3) is 0 Å². The van der Waals surface area contributed by atoms with Crippen molar-refractivity contribution >= 4 is 23.3 Å². The molecular weight excluding hydrogens is 266 g/mol. The first-order valence-electron chi connectivity index (χ1n) is 6.28. The second-order valence-corrected chi connectivity index (χ2v) is 5.19. The number of aromatic nitrogens is 2. The summed E-state index contributed by atoms with van der Waals surface area (Å²) < 4.78 is 3.83. The van der Waals surface area contributed by atoms with Crippen LogP contribution in [-0.4, -0.2) is 44.0 Å². The summed E-state index contributed by atoms with van der Waals surface area (Å²) in [6, 6.07) is -0.335. The molecule has 2 heterocycles. The number of hydrogen-bond acceptors (Lipinski definition) is 6. The molecule has 0 bridgehead atoms. The number of amidine groups is 1. The lowest BCUT2D eigenvalue weighted by Gasteiger charge is -2.34. The van der Waals surface area contributed by atoms with Crippen LogP contribution >= 0.6 is 11.5 Å². The summed E-state index contributed by atoms with van der Waals surface area (Å²) in [5, 5.41) is 15.8. The molecule has 2 rings (SSSR count). The quantitative estimate of drug-likeness (QED) is 0.370. The van der Waals surface area contributed by atoms with Gasteiger partial charge in [-0.1, -0.05) is 16.6 Å². The predicted molar refractivity (Wildman–Crippen MR) is 71.4 cm³/mol. The number of likely N-dealkylation sites (tertiary alicyclic amines) is 1. The van der Waals surface area contributed by atoms with Gasteiger partial charge in [0.2, 0.25) is 0 Å². The Bertz CT molecular complexity index is 487. The Morgan fingerprint density at radius 1 is 1.63 bits per heavy atom. The van der Waals surface area contributed by atoms with E-state index < -0.39 is 0 Å². The molecule has 1 saturated heterocycles. The molecule has 0 radical (unpaired) electrons. The van der Waals surface area contributed by atoms with Gasteiger partial charge in [-0.25, -0.2) is 0 Å². The topological polar surface area (TPSA) is 105 Å². The molecule has 0 aliphatic carbocycles. The van der Waals surface area contributed by atoms with Gasteiger partial charge < -0.3 is 15.8 Å². The number of carbonyl (C=O) groups excluding carboxylic acids is 1. The van der Waals surface area contributed by atoms with E-state index in [0.29, 0.717) is 23.5 Å². The van der Waals surface area contributed by atoms with Gasteiger partial charge in [0.25, 0.3) is 5.91 Å². The van der Waals surface area contributed by atoms with E-state index in [2.05, 4.69) is 14.7 Å². The molecule has 1 aliphatic rings. The molecule has 0 saturated carbocycles. The SMILES string of the molecule is CCc1nnsc1C(=O)N1CCCCC1C(N)=NO. The number of carbonyl (C=O) groups is 1. The fraction of sp³-hybridized carbons (Fsp3) is 0.636. The molecule has 0 spiro atoms. The maximum atomic E-state index is 12.5. The van der Waals surface area contributed by atoms with Gasteiger partial charge >= 0.3 is 0 Å². The standard InChI is InChI=1S/C11H17N5O2S/c1-2-7-9(19-15-13-7)11(17)16-6-4-3-5-8(16)10(12)14-18/h8,18H,2-6H2,1H3,(H2,12,14). The normalized spacial score (nSPS) is 20.6. The van der Waals surface area contributed by atoms with Crippen molar-refractivity contribution in [2.24, 2.45) is 10.9 Å². The van der Waals surface area contributed by atoms with Crippen LogP contribution in [0.5, 0.6) is 0 Å². The average Bonchev–Trinajstić information content (AvgIpc) is 2.94. The van der Waals surface area contributed by atoms with E-state index in [-0.39, 0.29) is 17.8 Å². The first kappa shape index (κ1) is 13.7. The highest BCUT2D eigenvalue weighted by Crippen LogP contribution is 2.22. The maximum Gasteiger partial charge on any atom is 0.268 e. The summed E-state index contributed by atoms with van der Waals surface area (Å²) in [4.78, 5) is 14.8. The van der Waals surface area contributed by atoms with Crippen molar-refractivity contribution in [3.8, 4) is 0 Å². The number of oxime groups is 1. The molecule has 19 heavy (non-hydrogen) atoms. The van der Waals surface area contributed by atoms with Crippen LogP contribution < -0.4 is 5.73 Å².